The first-order chi connectivity index (χ1) is 12.5. The Balaban J connectivity index is 1.47. The van der Waals surface area contributed by atoms with Gasteiger partial charge in [-0.2, -0.15) is 0 Å². The lowest BCUT2D eigenvalue weighted by atomic mass is 10.1. The van der Waals surface area contributed by atoms with Crippen LogP contribution in [0.15, 0.2) is 48.5 Å². The molecule has 0 aliphatic carbocycles. The van der Waals surface area contributed by atoms with Crippen LogP contribution in [0.2, 0.25) is 0 Å². The van der Waals surface area contributed by atoms with E-state index in [1.165, 1.54) is 36.4 Å². The summed E-state index contributed by atoms with van der Waals surface area (Å²) in [5, 5.41) is 10.7. The van der Waals surface area contributed by atoms with E-state index in [4.69, 9.17) is 0 Å². The minimum Gasteiger partial charge on any atom is -0.369 e. The smallest absolute Gasteiger partial charge is 0.269 e. The Morgan fingerprint density at radius 1 is 1.00 bits per heavy atom. The van der Waals surface area contributed by atoms with Crippen molar-refractivity contribution in [3.05, 3.63) is 70.0 Å². The minimum absolute atomic E-state index is 0.0165. The maximum atomic E-state index is 12.9. The molecule has 0 aromatic heterocycles. The molecule has 1 aliphatic heterocycles. The quantitative estimate of drug-likeness (QED) is 0.451. The lowest BCUT2D eigenvalue weighted by Crippen LogP contribution is -2.46. The Bertz CT molecular complexity index is 770. The van der Waals surface area contributed by atoms with Crippen LogP contribution >= 0.6 is 0 Å². The van der Waals surface area contributed by atoms with E-state index in [0.29, 0.717) is 18.5 Å². The van der Waals surface area contributed by atoms with Crippen molar-refractivity contribution in [2.45, 2.75) is 6.42 Å². The second kappa shape index (κ2) is 8.05. The fourth-order valence-electron chi connectivity index (χ4n) is 3.05. The van der Waals surface area contributed by atoms with Gasteiger partial charge in [-0.15, -0.1) is 0 Å². The highest BCUT2D eigenvalue weighted by atomic mass is 19.1. The zero-order chi connectivity index (χ0) is 18.5. The topological polar surface area (TPSA) is 66.7 Å². The monoisotopic (exact) mass is 357 g/mol. The third-order valence-corrected chi connectivity index (χ3v) is 4.62. The Morgan fingerprint density at radius 2 is 1.62 bits per heavy atom. The summed E-state index contributed by atoms with van der Waals surface area (Å²) < 4.78 is 12.9. The summed E-state index contributed by atoms with van der Waals surface area (Å²) in [4.78, 5) is 26.9. The molecule has 1 heterocycles. The number of non-ortho nitro benzene ring substituents is 1. The normalized spacial score (nSPS) is 15.0. The molecule has 26 heavy (non-hydrogen) atoms. The molecule has 0 N–H and O–H groups in total. The number of piperazine rings is 1. The van der Waals surface area contributed by atoms with E-state index in [1.54, 1.807) is 12.1 Å². The van der Waals surface area contributed by atoms with Crippen LogP contribution in [0, 0.1) is 15.9 Å². The summed E-state index contributed by atoms with van der Waals surface area (Å²) >= 11 is 0. The van der Waals surface area contributed by atoms with Crippen LogP contribution in [0.5, 0.6) is 0 Å². The van der Waals surface area contributed by atoms with Crippen LogP contribution in [-0.2, 0) is 0 Å². The second-order valence-electron chi connectivity index (χ2n) is 6.28. The summed E-state index contributed by atoms with van der Waals surface area (Å²) in [7, 11) is 0. The Morgan fingerprint density at radius 3 is 2.19 bits per heavy atom. The number of carbonyl (C=O) groups excluding carboxylic acids is 1. The highest BCUT2D eigenvalue weighted by Crippen LogP contribution is 2.20. The summed E-state index contributed by atoms with van der Waals surface area (Å²) in [6.45, 7) is 3.94. The van der Waals surface area contributed by atoms with Crippen molar-refractivity contribution < 1.29 is 14.1 Å². The van der Waals surface area contributed by atoms with Crippen molar-refractivity contribution in [3.8, 4) is 0 Å². The number of rotatable bonds is 6. The van der Waals surface area contributed by atoms with Crippen molar-refractivity contribution in [3.63, 3.8) is 0 Å². The number of Topliss-reactive ketones (excluding diaryl/α,β-unsaturated/α-hetero) is 1. The van der Waals surface area contributed by atoms with Gasteiger partial charge in [0, 0.05) is 62.5 Å². The fraction of sp³-hybridized carbons (Fsp3) is 0.316. The third-order valence-electron chi connectivity index (χ3n) is 4.62. The van der Waals surface area contributed by atoms with Gasteiger partial charge in [0.1, 0.15) is 5.82 Å². The van der Waals surface area contributed by atoms with E-state index in [2.05, 4.69) is 9.80 Å². The molecule has 1 aliphatic rings. The molecule has 1 fully saturated rings. The van der Waals surface area contributed by atoms with Crippen LogP contribution in [0.4, 0.5) is 15.8 Å². The van der Waals surface area contributed by atoms with Gasteiger partial charge >= 0.3 is 0 Å². The number of nitro benzene ring substituents is 1. The van der Waals surface area contributed by atoms with Crippen molar-refractivity contribution >= 4 is 17.2 Å². The molecule has 2 aromatic carbocycles. The molecule has 0 radical (unpaired) electrons. The molecule has 3 rings (SSSR count). The molecule has 0 unspecified atom stereocenters. The maximum absolute atomic E-state index is 12.9. The first kappa shape index (κ1) is 18.0. The van der Waals surface area contributed by atoms with Crippen LogP contribution in [-0.4, -0.2) is 48.3 Å². The first-order valence-corrected chi connectivity index (χ1v) is 8.53. The predicted octanol–water partition coefficient (Wildman–Crippen LogP) is 3.13. The Labute approximate surface area is 151 Å². The Hall–Kier alpha value is -2.80. The molecule has 7 heteroatoms. The van der Waals surface area contributed by atoms with Crippen molar-refractivity contribution in [1.82, 2.24) is 4.90 Å². The van der Waals surface area contributed by atoms with E-state index in [9.17, 15) is 19.3 Å². The van der Waals surface area contributed by atoms with Crippen molar-refractivity contribution in [1.29, 1.82) is 0 Å². The van der Waals surface area contributed by atoms with Gasteiger partial charge in [0.05, 0.1) is 4.92 Å². The standard InChI is InChI=1S/C19H20FN3O3/c20-16-3-1-15(2-4-16)19(24)9-10-21-11-13-22(14-12-21)17-5-7-18(8-6-17)23(25)26/h1-8H,9-14H2. The average Bonchev–Trinajstić information content (AvgIpc) is 2.67. The van der Waals surface area contributed by atoms with Gasteiger partial charge in [-0.3, -0.25) is 19.8 Å². The number of nitrogens with zero attached hydrogens (tertiary/aromatic N) is 3. The van der Waals surface area contributed by atoms with E-state index in [1.807, 2.05) is 0 Å². The number of halogens is 1. The van der Waals surface area contributed by atoms with Gasteiger partial charge < -0.3 is 4.90 Å². The largest absolute Gasteiger partial charge is 0.369 e. The fourth-order valence-corrected chi connectivity index (χ4v) is 3.05. The molecule has 2 aromatic rings. The van der Waals surface area contributed by atoms with E-state index in [0.717, 1.165) is 31.9 Å². The van der Waals surface area contributed by atoms with Crippen LogP contribution < -0.4 is 4.90 Å². The zero-order valence-electron chi connectivity index (χ0n) is 14.3. The van der Waals surface area contributed by atoms with Gasteiger partial charge in [-0.05, 0) is 36.4 Å². The van der Waals surface area contributed by atoms with E-state index >= 15 is 0 Å². The van der Waals surface area contributed by atoms with Crippen molar-refractivity contribution in [2.75, 3.05) is 37.6 Å². The van der Waals surface area contributed by atoms with Crippen molar-refractivity contribution in [2.24, 2.45) is 0 Å². The van der Waals surface area contributed by atoms with Gasteiger partial charge in [0.25, 0.3) is 5.69 Å². The lowest BCUT2D eigenvalue weighted by molar-refractivity contribution is -0.384. The van der Waals surface area contributed by atoms with Gasteiger partial charge in [-0.1, -0.05) is 0 Å². The molecule has 0 atom stereocenters. The minimum atomic E-state index is -0.403. The molecular formula is C19H20FN3O3. The van der Waals surface area contributed by atoms with Crippen LogP contribution in [0.25, 0.3) is 0 Å². The highest BCUT2D eigenvalue weighted by Gasteiger charge is 2.18. The maximum Gasteiger partial charge on any atom is 0.269 e. The number of anilines is 1. The number of ketones is 1. The SMILES string of the molecule is O=C(CCN1CCN(c2ccc([N+](=O)[O-])cc2)CC1)c1ccc(F)cc1. The summed E-state index contributed by atoms with van der Waals surface area (Å²) in [5.41, 5.74) is 1.60. The molecule has 0 amide bonds. The number of benzene rings is 2. The number of hydrogen-bond donors (Lipinski definition) is 0. The number of nitro groups is 1. The first-order valence-electron chi connectivity index (χ1n) is 8.53. The summed E-state index contributed by atoms with van der Waals surface area (Å²) in [6.07, 6.45) is 0.406. The molecule has 1 saturated heterocycles. The molecular weight excluding hydrogens is 337 g/mol. The summed E-state index contributed by atoms with van der Waals surface area (Å²) in [6, 6.07) is 12.2. The molecule has 0 spiro atoms. The number of carbonyl (C=O) groups is 1. The molecule has 136 valence electrons. The molecule has 0 bridgehead atoms. The van der Waals surface area contributed by atoms with Gasteiger partial charge in [0.2, 0.25) is 0 Å². The van der Waals surface area contributed by atoms with Gasteiger partial charge in [-0.25, -0.2) is 4.39 Å². The van der Waals surface area contributed by atoms with Crippen LogP contribution in [0.3, 0.4) is 0 Å². The lowest BCUT2D eigenvalue weighted by Gasteiger charge is -2.36. The average molecular weight is 357 g/mol. The second-order valence-corrected chi connectivity index (χ2v) is 6.28. The Kier molecular flexibility index (Phi) is 5.58. The molecule has 6 nitrogen and oxygen atoms in total. The van der Waals surface area contributed by atoms with E-state index < -0.39 is 4.92 Å². The van der Waals surface area contributed by atoms with Gasteiger partial charge in [0.15, 0.2) is 5.78 Å². The zero-order valence-corrected chi connectivity index (χ0v) is 14.3. The summed E-state index contributed by atoms with van der Waals surface area (Å²) in [5.74, 6) is -0.327. The van der Waals surface area contributed by atoms with E-state index in [-0.39, 0.29) is 17.3 Å². The third kappa shape index (κ3) is 4.43. The number of hydrogen-bond acceptors (Lipinski definition) is 5. The molecule has 0 saturated carbocycles. The highest BCUT2D eigenvalue weighted by molar-refractivity contribution is 5.96. The predicted molar refractivity (Wildman–Crippen MR) is 97.1 cm³/mol. The van der Waals surface area contributed by atoms with Crippen LogP contribution in [0.1, 0.15) is 16.8 Å².